The molecule has 0 saturated heterocycles. The third-order valence-corrected chi connectivity index (χ3v) is 4.35. The lowest BCUT2D eigenvalue weighted by molar-refractivity contribution is -0.123. The quantitative estimate of drug-likeness (QED) is 0.790. The summed E-state index contributed by atoms with van der Waals surface area (Å²) in [6.45, 7) is 4.51. The van der Waals surface area contributed by atoms with Gasteiger partial charge in [-0.05, 0) is 48.8 Å². The highest BCUT2D eigenvalue weighted by Gasteiger charge is 2.28. The Morgan fingerprint density at radius 3 is 2.44 bits per heavy atom. The molecule has 98 valence electrons. The smallest absolute Gasteiger partial charge is 0.140 e. The van der Waals surface area contributed by atoms with Crippen LogP contribution in [0.1, 0.15) is 38.7 Å². The molecule has 3 atom stereocenters. The second kappa shape index (κ2) is 5.64. The summed E-state index contributed by atoms with van der Waals surface area (Å²) >= 11 is 0. The van der Waals surface area contributed by atoms with E-state index in [9.17, 15) is 9.18 Å². The van der Waals surface area contributed by atoms with Gasteiger partial charge in [-0.1, -0.05) is 26.0 Å². The van der Waals surface area contributed by atoms with Gasteiger partial charge < -0.3 is 0 Å². The van der Waals surface area contributed by atoms with Crippen LogP contribution < -0.4 is 0 Å². The van der Waals surface area contributed by atoms with Crippen LogP contribution in [0.4, 0.5) is 4.39 Å². The van der Waals surface area contributed by atoms with Crippen LogP contribution in [0.2, 0.25) is 0 Å². The molecule has 2 heteroatoms. The molecule has 1 saturated carbocycles. The Morgan fingerprint density at radius 1 is 1.17 bits per heavy atom. The predicted octanol–water partition coefficient (Wildman–Crippen LogP) is 4.01. The monoisotopic (exact) mass is 248 g/mol. The van der Waals surface area contributed by atoms with Gasteiger partial charge in [-0.25, -0.2) is 4.39 Å². The lowest BCUT2D eigenvalue weighted by Gasteiger charge is -2.31. The maximum absolute atomic E-state index is 12.8. The van der Waals surface area contributed by atoms with Crippen molar-refractivity contribution in [3.05, 3.63) is 35.6 Å². The van der Waals surface area contributed by atoms with Gasteiger partial charge >= 0.3 is 0 Å². The number of carbonyl (C=O) groups excluding carboxylic acids is 1. The van der Waals surface area contributed by atoms with E-state index in [1.807, 2.05) is 0 Å². The van der Waals surface area contributed by atoms with Crippen molar-refractivity contribution in [1.29, 1.82) is 0 Å². The summed E-state index contributed by atoms with van der Waals surface area (Å²) in [5.41, 5.74) is 0.924. The fourth-order valence-electron chi connectivity index (χ4n) is 2.79. The third-order valence-electron chi connectivity index (χ3n) is 4.35. The molecule has 0 N–H and O–H groups in total. The van der Waals surface area contributed by atoms with Gasteiger partial charge in [-0.15, -0.1) is 0 Å². The van der Waals surface area contributed by atoms with Crippen molar-refractivity contribution in [2.24, 2.45) is 17.8 Å². The molecule has 0 aromatic heterocycles. The van der Waals surface area contributed by atoms with Crippen molar-refractivity contribution < 1.29 is 9.18 Å². The van der Waals surface area contributed by atoms with Gasteiger partial charge in [-0.2, -0.15) is 0 Å². The number of hydrogen-bond donors (Lipinski definition) is 0. The minimum absolute atomic E-state index is 0.209. The van der Waals surface area contributed by atoms with Crippen molar-refractivity contribution in [1.82, 2.24) is 0 Å². The van der Waals surface area contributed by atoms with Crippen molar-refractivity contribution in [3.8, 4) is 0 Å². The average Bonchev–Trinajstić information content (AvgIpc) is 2.35. The first-order valence-corrected chi connectivity index (χ1v) is 6.83. The molecule has 0 radical (unpaired) electrons. The zero-order valence-electron chi connectivity index (χ0n) is 11.2. The third kappa shape index (κ3) is 3.18. The van der Waals surface area contributed by atoms with E-state index in [-0.39, 0.29) is 11.7 Å². The second-order valence-electron chi connectivity index (χ2n) is 5.73. The van der Waals surface area contributed by atoms with Crippen LogP contribution in [0, 0.1) is 23.6 Å². The van der Waals surface area contributed by atoms with E-state index >= 15 is 0 Å². The maximum atomic E-state index is 12.8. The normalized spacial score (nSPS) is 28.1. The van der Waals surface area contributed by atoms with Crippen LogP contribution in [0.5, 0.6) is 0 Å². The van der Waals surface area contributed by atoms with Gasteiger partial charge in [0, 0.05) is 12.3 Å². The summed E-state index contributed by atoms with van der Waals surface area (Å²) in [5.74, 6) is 1.66. The highest BCUT2D eigenvalue weighted by Crippen LogP contribution is 2.34. The number of rotatable bonds is 3. The standard InChI is InChI=1S/C16H21FO/c1-11-3-6-14(9-12(11)2)16(18)10-13-4-7-15(17)8-5-13/h4-5,7-8,11-12,14H,3,6,9-10H2,1-2H3. The van der Waals surface area contributed by atoms with E-state index in [4.69, 9.17) is 0 Å². The molecular weight excluding hydrogens is 227 g/mol. The molecule has 1 aliphatic carbocycles. The minimum Gasteiger partial charge on any atom is -0.299 e. The molecule has 1 fully saturated rings. The van der Waals surface area contributed by atoms with E-state index in [1.54, 1.807) is 12.1 Å². The summed E-state index contributed by atoms with van der Waals surface area (Å²) in [6.07, 6.45) is 3.64. The van der Waals surface area contributed by atoms with E-state index in [1.165, 1.54) is 12.1 Å². The molecular formula is C16H21FO. The van der Waals surface area contributed by atoms with Crippen LogP contribution >= 0.6 is 0 Å². The number of Topliss-reactive ketones (excluding diaryl/α,β-unsaturated/α-hetero) is 1. The Bertz CT molecular complexity index is 410. The molecule has 0 spiro atoms. The summed E-state index contributed by atoms with van der Waals surface area (Å²) < 4.78 is 12.8. The Kier molecular flexibility index (Phi) is 4.15. The molecule has 1 aliphatic rings. The van der Waals surface area contributed by atoms with Crippen molar-refractivity contribution in [3.63, 3.8) is 0 Å². The molecule has 0 aliphatic heterocycles. The lowest BCUT2D eigenvalue weighted by atomic mass is 9.73. The zero-order chi connectivity index (χ0) is 13.1. The van der Waals surface area contributed by atoms with Crippen LogP contribution in [0.3, 0.4) is 0 Å². The Balaban J connectivity index is 1.94. The molecule has 2 rings (SSSR count). The predicted molar refractivity (Wildman–Crippen MR) is 70.8 cm³/mol. The molecule has 1 nitrogen and oxygen atoms in total. The number of halogens is 1. The molecule has 18 heavy (non-hydrogen) atoms. The fourth-order valence-corrected chi connectivity index (χ4v) is 2.79. The van der Waals surface area contributed by atoms with E-state index in [2.05, 4.69) is 13.8 Å². The number of benzene rings is 1. The van der Waals surface area contributed by atoms with Gasteiger partial charge in [0.2, 0.25) is 0 Å². The minimum atomic E-state index is -0.244. The highest BCUT2D eigenvalue weighted by atomic mass is 19.1. The molecule has 0 amide bonds. The van der Waals surface area contributed by atoms with Gasteiger partial charge in [0.15, 0.2) is 0 Å². The number of hydrogen-bond acceptors (Lipinski definition) is 1. The van der Waals surface area contributed by atoms with Crippen LogP contribution in [0.25, 0.3) is 0 Å². The highest BCUT2D eigenvalue weighted by molar-refractivity contribution is 5.83. The summed E-state index contributed by atoms with van der Waals surface area (Å²) in [6, 6.07) is 6.27. The van der Waals surface area contributed by atoms with Gasteiger partial charge in [-0.3, -0.25) is 4.79 Å². The van der Waals surface area contributed by atoms with Crippen molar-refractivity contribution in [2.75, 3.05) is 0 Å². The molecule has 1 aromatic carbocycles. The molecule has 3 unspecified atom stereocenters. The number of carbonyl (C=O) groups is 1. The van der Waals surface area contributed by atoms with Gasteiger partial charge in [0.1, 0.15) is 11.6 Å². The van der Waals surface area contributed by atoms with Crippen LogP contribution in [0.15, 0.2) is 24.3 Å². The van der Waals surface area contributed by atoms with Crippen molar-refractivity contribution in [2.45, 2.75) is 39.5 Å². The SMILES string of the molecule is CC1CCC(C(=O)Cc2ccc(F)cc2)CC1C. The fraction of sp³-hybridized carbons (Fsp3) is 0.562. The Labute approximate surface area is 108 Å². The molecule has 0 heterocycles. The van der Waals surface area contributed by atoms with E-state index < -0.39 is 0 Å². The van der Waals surface area contributed by atoms with Crippen molar-refractivity contribution >= 4 is 5.78 Å². The van der Waals surface area contributed by atoms with Crippen LogP contribution in [-0.4, -0.2) is 5.78 Å². The van der Waals surface area contributed by atoms with E-state index in [0.29, 0.717) is 18.1 Å². The summed E-state index contributed by atoms with van der Waals surface area (Å²) in [7, 11) is 0. The van der Waals surface area contributed by atoms with Crippen LogP contribution in [-0.2, 0) is 11.2 Å². The topological polar surface area (TPSA) is 17.1 Å². The number of ketones is 1. The first kappa shape index (κ1) is 13.3. The maximum Gasteiger partial charge on any atom is 0.140 e. The zero-order valence-corrected chi connectivity index (χ0v) is 11.2. The molecule has 0 bridgehead atoms. The summed E-state index contributed by atoms with van der Waals surface area (Å²) in [4.78, 5) is 12.2. The summed E-state index contributed by atoms with van der Waals surface area (Å²) in [5, 5.41) is 0. The Morgan fingerprint density at radius 2 is 1.83 bits per heavy atom. The first-order valence-electron chi connectivity index (χ1n) is 6.83. The average molecular weight is 248 g/mol. The first-order chi connectivity index (χ1) is 8.56. The Hall–Kier alpha value is -1.18. The van der Waals surface area contributed by atoms with E-state index in [0.717, 1.165) is 30.7 Å². The largest absolute Gasteiger partial charge is 0.299 e. The lowest BCUT2D eigenvalue weighted by Crippen LogP contribution is -2.27. The molecule has 1 aromatic rings. The van der Waals surface area contributed by atoms with Gasteiger partial charge in [0.25, 0.3) is 0 Å². The second-order valence-corrected chi connectivity index (χ2v) is 5.73. The van der Waals surface area contributed by atoms with Gasteiger partial charge in [0.05, 0.1) is 0 Å².